The van der Waals surface area contributed by atoms with E-state index in [1.165, 1.54) is 32.1 Å². The Labute approximate surface area is 340 Å². The molecule has 0 saturated heterocycles. The fourth-order valence-corrected chi connectivity index (χ4v) is 5.75. The van der Waals surface area contributed by atoms with Crippen LogP contribution in [0.3, 0.4) is 0 Å². The molecule has 4 amide bonds. The fraction of sp³-hybridized carbons (Fsp3) is 0.769. The Balaban J connectivity index is 3.97. The van der Waals surface area contributed by atoms with Gasteiger partial charge in [0.1, 0.15) is 31.0 Å². The molecule has 58 heavy (non-hydrogen) atoms. The lowest BCUT2D eigenvalue weighted by Gasteiger charge is -2.16. The third-order valence-electron chi connectivity index (χ3n) is 9.01. The number of unbranched alkanes of at least 4 members (excludes halogenated alkanes) is 13. The summed E-state index contributed by atoms with van der Waals surface area (Å²) in [4.78, 5) is 104. The summed E-state index contributed by atoms with van der Waals surface area (Å²) >= 11 is 0. The molecule has 0 rings (SSSR count). The van der Waals surface area contributed by atoms with Crippen molar-refractivity contribution in [2.75, 3.05) is 33.0 Å². The predicted octanol–water partition coefficient (Wildman–Crippen LogP) is 2.71. The summed E-state index contributed by atoms with van der Waals surface area (Å²) in [7, 11) is 0. The Hall–Kier alpha value is -4.65. The first-order valence-electron chi connectivity index (χ1n) is 20.4. The molecule has 0 saturated carbocycles. The summed E-state index contributed by atoms with van der Waals surface area (Å²) < 4.78 is 10.5. The number of nitrogens with one attached hydrogen (secondary N) is 4. The smallest absolute Gasteiger partial charge is 0.326 e. The molecule has 19 nitrogen and oxygen atoms in total. The minimum Gasteiger partial charge on any atom is -0.481 e. The van der Waals surface area contributed by atoms with Crippen molar-refractivity contribution in [2.24, 2.45) is 0 Å². The van der Waals surface area contributed by atoms with Crippen molar-refractivity contribution < 1.29 is 73.1 Å². The summed E-state index contributed by atoms with van der Waals surface area (Å²) in [5.74, 6) is -7.02. The number of aliphatic carboxylic acids is 4. The quantitative estimate of drug-likeness (QED) is 0.0325. The average molecular weight is 831 g/mol. The van der Waals surface area contributed by atoms with Gasteiger partial charge < -0.3 is 56.0 Å². The summed E-state index contributed by atoms with van der Waals surface area (Å²) in [6, 6.07) is -3.93. The molecule has 0 fully saturated rings. The number of carboxylic acid groups (broad SMARTS) is 4. The van der Waals surface area contributed by atoms with Crippen LogP contribution in [-0.2, 0) is 52.6 Å². The van der Waals surface area contributed by atoms with Gasteiger partial charge in [-0.1, -0.05) is 77.0 Å². The van der Waals surface area contributed by atoms with E-state index in [-0.39, 0.29) is 77.2 Å². The Bertz CT molecular complexity index is 1250. The fourth-order valence-electron chi connectivity index (χ4n) is 5.75. The molecule has 0 aromatic heterocycles. The number of carbonyl (C=O) groups excluding carboxylic acids is 5. The molecule has 332 valence electrons. The first-order chi connectivity index (χ1) is 27.8. The van der Waals surface area contributed by atoms with E-state index in [4.69, 9.17) is 19.7 Å². The van der Waals surface area contributed by atoms with Crippen molar-refractivity contribution in [2.45, 2.75) is 159 Å². The molecule has 0 aromatic rings. The highest BCUT2D eigenvalue weighted by atomic mass is 16.5. The summed E-state index contributed by atoms with van der Waals surface area (Å²) in [6.07, 6.45) is 14.6. The van der Waals surface area contributed by atoms with Gasteiger partial charge in [0.05, 0.1) is 19.8 Å². The van der Waals surface area contributed by atoms with E-state index in [0.717, 1.165) is 51.4 Å². The maximum Gasteiger partial charge on any atom is 0.326 e. The second kappa shape index (κ2) is 35.5. The van der Waals surface area contributed by atoms with Crippen LogP contribution in [0.4, 0.5) is 0 Å². The standard InChI is InChI=1S/C39H66N4O15/c44-24-15-16-29(37(51)52)41-34(47)22-20-31(39(55)56)43-35(48)28-58-27-26-57-25-23-40-32(45)21-19-30(38(53)54)42-33(46)17-13-11-9-7-5-3-1-2-4-6-8-10-12-14-18-36(49)50/h24,29-31H,1-23,25-28H2,(H,40,45)(H,41,47)(H,42,46)(H,43,48)(H,49,50)(H,51,52)(H,53,54)(H,55,56)/t29-,30-,31-/m0/s1. The van der Waals surface area contributed by atoms with Crippen molar-refractivity contribution in [3.63, 3.8) is 0 Å². The number of amides is 4. The van der Waals surface area contributed by atoms with Crippen LogP contribution in [0.2, 0.25) is 0 Å². The molecule has 0 aliphatic rings. The van der Waals surface area contributed by atoms with Gasteiger partial charge >= 0.3 is 23.9 Å². The van der Waals surface area contributed by atoms with Crippen molar-refractivity contribution in [1.82, 2.24) is 21.3 Å². The Kier molecular flexibility index (Phi) is 32.7. The minimum absolute atomic E-state index is 0.0372. The van der Waals surface area contributed by atoms with Gasteiger partial charge in [0, 0.05) is 38.6 Å². The molecule has 0 bridgehead atoms. The summed E-state index contributed by atoms with van der Waals surface area (Å²) in [6.45, 7) is -0.313. The maximum atomic E-state index is 12.3. The van der Waals surface area contributed by atoms with Crippen LogP contribution in [0.1, 0.15) is 141 Å². The van der Waals surface area contributed by atoms with E-state index in [1.807, 2.05) is 0 Å². The van der Waals surface area contributed by atoms with Gasteiger partial charge in [-0.25, -0.2) is 14.4 Å². The molecule has 0 radical (unpaired) electrons. The molecule has 0 aliphatic heterocycles. The summed E-state index contributed by atoms with van der Waals surface area (Å²) in [5, 5.41) is 46.1. The number of aldehydes is 1. The van der Waals surface area contributed by atoms with Crippen LogP contribution >= 0.6 is 0 Å². The van der Waals surface area contributed by atoms with Crippen molar-refractivity contribution in [3.8, 4) is 0 Å². The van der Waals surface area contributed by atoms with E-state index < -0.39 is 72.8 Å². The molecule has 0 spiro atoms. The van der Waals surface area contributed by atoms with Gasteiger partial charge in [0.2, 0.25) is 23.6 Å². The Morgan fingerprint density at radius 2 is 0.845 bits per heavy atom. The van der Waals surface area contributed by atoms with E-state index in [0.29, 0.717) is 12.7 Å². The highest BCUT2D eigenvalue weighted by Crippen LogP contribution is 2.14. The molecular weight excluding hydrogens is 764 g/mol. The lowest BCUT2D eigenvalue weighted by Crippen LogP contribution is -2.44. The number of carboxylic acids is 4. The van der Waals surface area contributed by atoms with Crippen LogP contribution in [0.15, 0.2) is 0 Å². The monoisotopic (exact) mass is 830 g/mol. The largest absolute Gasteiger partial charge is 0.481 e. The zero-order chi connectivity index (χ0) is 43.4. The van der Waals surface area contributed by atoms with E-state index in [9.17, 15) is 53.4 Å². The third kappa shape index (κ3) is 32.4. The van der Waals surface area contributed by atoms with Crippen LogP contribution in [0, 0.1) is 0 Å². The number of rotatable bonds is 40. The lowest BCUT2D eigenvalue weighted by molar-refractivity contribution is -0.144. The second-order valence-electron chi connectivity index (χ2n) is 14.1. The van der Waals surface area contributed by atoms with Crippen molar-refractivity contribution >= 4 is 53.8 Å². The Morgan fingerprint density at radius 1 is 0.448 bits per heavy atom. The number of hydrogen-bond acceptors (Lipinski definition) is 11. The highest BCUT2D eigenvalue weighted by molar-refractivity contribution is 5.86. The molecule has 0 unspecified atom stereocenters. The summed E-state index contributed by atoms with van der Waals surface area (Å²) in [5.41, 5.74) is 0. The van der Waals surface area contributed by atoms with E-state index in [1.54, 1.807) is 0 Å². The van der Waals surface area contributed by atoms with Crippen molar-refractivity contribution in [1.29, 1.82) is 0 Å². The van der Waals surface area contributed by atoms with E-state index in [2.05, 4.69) is 21.3 Å². The van der Waals surface area contributed by atoms with Gasteiger partial charge in [0.15, 0.2) is 0 Å². The van der Waals surface area contributed by atoms with Gasteiger partial charge in [0.25, 0.3) is 0 Å². The molecule has 3 atom stereocenters. The lowest BCUT2D eigenvalue weighted by atomic mass is 10.0. The first-order valence-corrected chi connectivity index (χ1v) is 20.4. The van der Waals surface area contributed by atoms with Gasteiger partial charge in [-0.2, -0.15) is 0 Å². The van der Waals surface area contributed by atoms with E-state index >= 15 is 0 Å². The normalized spacial score (nSPS) is 12.4. The van der Waals surface area contributed by atoms with Gasteiger partial charge in [-0.3, -0.25) is 24.0 Å². The minimum atomic E-state index is -1.44. The predicted molar refractivity (Wildman–Crippen MR) is 209 cm³/mol. The molecule has 0 heterocycles. The maximum absolute atomic E-state index is 12.3. The number of hydrogen-bond donors (Lipinski definition) is 8. The number of carbonyl (C=O) groups is 9. The molecule has 8 N–H and O–H groups in total. The molecule has 0 aliphatic carbocycles. The first kappa shape index (κ1) is 53.4. The van der Waals surface area contributed by atoms with Crippen LogP contribution < -0.4 is 21.3 Å². The average Bonchev–Trinajstić information content (AvgIpc) is 3.16. The van der Waals surface area contributed by atoms with Crippen molar-refractivity contribution in [3.05, 3.63) is 0 Å². The van der Waals surface area contributed by atoms with Crippen LogP contribution in [-0.4, -0.2) is 125 Å². The topological polar surface area (TPSA) is 301 Å². The second-order valence-corrected chi connectivity index (χ2v) is 14.1. The van der Waals surface area contributed by atoms with Crippen LogP contribution in [0.25, 0.3) is 0 Å². The number of ether oxygens (including phenoxy) is 2. The zero-order valence-electron chi connectivity index (χ0n) is 33.7. The molecular formula is C39H66N4O15. The Morgan fingerprint density at radius 3 is 1.31 bits per heavy atom. The highest BCUT2D eigenvalue weighted by Gasteiger charge is 2.24. The van der Waals surface area contributed by atoms with Crippen LogP contribution in [0.5, 0.6) is 0 Å². The van der Waals surface area contributed by atoms with Gasteiger partial charge in [-0.05, 0) is 32.1 Å². The SMILES string of the molecule is O=CCC[C@H](NC(=O)CC[C@H](NC(=O)COCCOCCNC(=O)CC[C@H](NC(=O)CCCCCCCCCCCCCCCCC(=O)O)C(=O)O)C(=O)O)C(=O)O. The molecule has 0 aromatic carbocycles. The molecule has 19 heteroatoms. The van der Waals surface area contributed by atoms with Gasteiger partial charge in [-0.15, -0.1) is 0 Å². The third-order valence-corrected chi connectivity index (χ3v) is 9.01. The zero-order valence-corrected chi connectivity index (χ0v) is 33.7.